The number of amides is 1. The Labute approximate surface area is 122 Å². The minimum absolute atomic E-state index is 0.0884. The van der Waals surface area contributed by atoms with Gasteiger partial charge in [-0.1, -0.05) is 6.92 Å². The lowest BCUT2D eigenvalue weighted by molar-refractivity contribution is -0.151. The maximum Gasteiger partial charge on any atom is 0.331 e. The summed E-state index contributed by atoms with van der Waals surface area (Å²) < 4.78 is 0. The van der Waals surface area contributed by atoms with E-state index >= 15 is 0 Å². The molecule has 0 aliphatic carbocycles. The van der Waals surface area contributed by atoms with Crippen LogP contribution in [0.4, 0.5) is 0 Å². The van der Waals surface area contributed by atoms with Crippen molar-refractivity contribution in [1.82, 2.24) is 4.90 Å². The molecule has 1 aliphatic rings. The number of nitrogens with two attached hydrogens (primary N) is 1. The zero-order chi connectivity index (χ0) is 14.7. The highest BCUT2D eigenvalue weighted by Gasteiger charge is 2.36. The van der Waals surface area contributed by atoms with Gasteiger partial charge in [-0.3, -0.25) is 4.79 Å². The second kappa shape index (κ2) is 6.37. The van der Waals surface area contributed by atoms with Crippen molar-refractivity contribution in [2.45, 2.75) is 32.2 Å². The van der Waals surface area contributed by atoms with Crippen LogP contribution in [-0.2, 0) is 16.0 Å². The van der Waals surface area contributed by atoms with Crippen molar-refractivity contribution in [3.8, 4) is 0 Å². The van der Waals surface area contributed by atoms with Gasteiger partial charge in [-0.25, -0.2) is 4.79 Å². The second-order valence-electron chi connectivity index (χ2n) is 5.26. The molecule has 0 saturated carbocycles. The van der Waals surface area contributed by atoms with E-state index in [1.54, 1.807) is 11.3 Å². The lowest BCUT2D eigenvalue weighted by Crippen LogP contribution is -2.43. The lowest BCUT2D eigenvalue weighted by Gasteiger charge is -2.33. The first-order valence-electron chi connectivity index (χ1n) is 6.83. The van der Waals surface area contributed by atoms with Crippen molar-refractivity contribution in [2.24, 2.45) is 11.7 Å². The largest absolute Gasteiger partial charge is 0.479 e. The third-order valence-electron chi connectivity index (χ3n) is 3.77. The Bertz CT molecular complexity index is 500. The minimum atomic E-state index is -0.954. The first kappa shape index (κ1) is 15.0. The van der Waals surface area contributed by atoms with Crippen molar-refractivity contribution in [2.75, 3.05) is 13.1 Å². The van der Waals surface area contributed by atoms with E-state index in [1.807, 2.05) is 18.4 Å². The highest BCUT2D eigenvalue weighted by molar-refractivity contribution is 7.10. The third kappa shape index (κ3) is 3.02. The van der Waals surface area contributed by atoms with Gasteiger partial charge in [0.1, 0.15) is 0 Å². The summed E-state index contributed by atoms with van der Waals surface area (Å²) in [7, 11) is 0. The first-order chi connectivity index (χ1) is 9.54. The van der Waals surface area contributed by atoms with Crippen LogP contribution in [0.5, 0.6) is 0 Å². The van der Waals surface area contributed by atoms with Gasteiger partial charge in [0.15, 0.2) is 6.04 Å². The van der Waals surface area contributed by atoms with E-state index in [4.69, 9.17) is 5.73 Å². The zero-order valence-electron chi connectivity index (χ0n) is 11.5. The van der Waals surface area contributed by atoms with Gasteiger partial charge in [-0.15, -0.1) is 11.3 Å². The number of hydrogen-bond donors (Lipinski definition) is 2. The molecule has 20 heavy (non-hydrogen) atoms. The van der Waals surface area contributed by atoms with Crippen LogP contribution < -0.4 is 5.73 Å². The number of thiophene rings is 1. The molecule has 6 heteroatoms. The molecule has 1 aromatic rings. The minimum Gasteiger partial charge on any atom is -0.479 e. The van der Waals surface area contributed by atoms with Gasteiger partial charge >= 0.3 is 5.97 Å². The Hall–Kier alpha value is -1.40. The van der Waals surface area contributed by atoms with Crippen molar-refractivity contribution >= 4 is 23.2 Å². The molecule has 3 N–H and O–H groups in total. The topological polar surface area (TPSA) is 83.6 Å². The van der Waals surface area contributed by atoms with Crippen LogP contribution in [0.25, 0.3) is 0 Å². The summed E-state index contributed by atoms with van der Waals surface area (Å²) in [6.45, 7) is 3.03. The predicted molar refractivity (Wildman–Crippen MR) is 77.6 cm³/mol. The van der Waals surface area contributed by atoms with Gasteiger partial charge in [0.05, 0.1) is 0 Å². The fourth-order valence-corrected chi connectivity index (χ4v) is 3.39. The third-order valence-corrected chi connectivity index (χ3v) is 4.77. The summed E-state index contributed by atoms with van der Waals surface area (Å²) in [6.07, 6.45) is 1.81. The Kier molecular flexibility index (Phi) is 4.77. The first-order valence-corrected chi connectivity index (χ1v) is 7.71. The van der Waals surface area contributed by atoms with E-state index in [1.165, 1.54) is 4.90 Å². The maximum atomic E-state index is 12.3. The highest BCUT2D eigenvalue weighted by atomic mass is 32.1. The number of hydrogen-bond acceptors (Lipinski definition) is 4. The van der Waals surface area contributed by atoms with Crippen molar-refractivity contribution in [1.29, 1.82) is 0 Å². The van der Waals surface area contributed by atoms with E-state index in [0.29, 0.717) is 25.9 Å². The predicted octanol–water partition coefficient (Wildman–Crippen LogP) is 1.63. The molecule has 0 aromatic carbocycles. The van der Waals surface area contributed by atoms with Gasteiger partial charge in [-0.2, -0.15) is 0 Å². The highest BCUT2D eigenvalue weighted by Crippen LogP contribution is 2.34. The number of carbonyl (C=O) groups is 2. The molecular formula is C14H20N2O3S. The Morgan fingerprint density at radius 1 is 1.60 bits per heavy atom. The van der Waals surface area contributed by atoms with Crippen LogP contribution in [0, 0.1) is 5.92 Å². The van der Waals surface area contributed by atoms with Crippen LogP contribution in [0.15, 0.2) is 11.4 Å². The Morgan fingerprint density at radius 3 is 3.00 bits per heavy atom. The summed E-state index contributed by atoms with van der Waals surface area (Å²) in [5.41, 5.74) is 6.32. The summed E-state index contributed by atoms with van der Waals surface area (Å²) in [5.74, 6) is -0.761. The zero-order valence-corrected chi connectivity index (χ0v) is 12.4. The average molecular weight is 296 g/mol. The SMILES string of the molecule is CC(CN)CCC(=O)N1CCc2sccc2C1C(=O)O. The van der Waals surface area contributed by atoms with Crippen LogP contribution in [0.2, 0.25) is 0 Å². The lowest BCUT2D eigenvalue weighted by atomic mass is 9.98. The van der Waals surface area contributed by atoms with E-state index in [9.17, 15) is 14.7 Å². The average Bonchev–Trinajstić information content (AvgIpc) is 2.90. The Balaban J connectivity index is 2.11. The molecule has 1 aromatic heterocycles. The van der Waals surface area contributed by atoms with E-state index in [2.05, 4.69) is 0 Å². The van der Waals surface area contributed by atoms with E-state index < -0.39 is 12.0 Å². The molecule has 0 saturated heterocycles. The number of carboxylic acid groups (broad SMARTS) is 1. The molecule has 2 unspecified atom stereocenters. The standard InChI is InChI=1S/C14H20N2O3S/c1-9(8-15)2-3-12(17)16-6-4-11-10(5-7-20-11)13(16)14(18)19/h5,7,9,13H,2-4,6,8,15H2,1H3,(H,18,19). The molecule has 110 valence electrons. The maximum absolute atomic E-state index is 12.3. The van der Waals surface area contributed by atoms with Crippen LogP contribution in [0.1, 0.15) is 36.2 Å². The summed E-state index contributed by atoms with van der Waals surface area (Å²) in [6, 6.07) is 0.992. The van der Waals surface area contributed by atoms with E-state index in [-0.39, 0.29) is 11.8 Å². The van der Waals surface area contributed by atoms with Gasteiger partial charge in [0.2, 0.25) is 5.91 Å². The number of carbonyl (C=O) groups excluding carboxylic acids is 1. The quantitative estimate of drug-likeness (QED) is 0.865. The van der Waals surface area contributed by atoms with E-state index in [0.717, 1.165) is 16.9 Å². The second-order valence-corrected chi connectivity index (χ2v) is 6.26. The smallest absolute Gasteiger partial charge is 0.331 e. The summed E-state index contributed by atoms with van der Waals surface area (Å²) >= 11 is 1.56. The van der Waals surface area contributed by atoms with Gasteiger partial charge < -0.3 is 15.7 Å². The fraction of sp³-hybridized carbons (Fsp3) is 0.571. The van der Waals surface area contributed by atoms with Crippen molar-refractivity contribution in [3.05, 3.63) is 21.9 Å². The molecule has 2 rings (SSSR count). The molecule has 0 spiro atoms. The summed E-state index contributed by atoms with van der Waals surface area (Å²) in [4.78, 5) is 26.4. The van der Waals surface area contributed by atoms with Crippen LogP contribution >= 0.6 is 11.3 Å². The molecule has 5 nitrogen and oxygen atoms in total. The molecule has 2 heterocycles. The molecule has 1 aliphatic heterocycles. The van der Waals surface area contributed by atoms with Gasteiger partial charge in [0, 0.05) is 17.8 Å². The number of carboxylic acids is 1. The molecule has 0 fully saturated rings. The molecule has 2 atom stereocenters. The number of nitrogens with zero attached hydrogens (tertiary/aromatic N) is 1. The Morgan fingerprint density at radius 2 is 2.35 bits per heavy atom. The summed E-state index contributed by atoms with van der Waals surface area (Å²) in [5, 5.41) is 11.3. The van der Waals surface area contributed by atoms with Crippen LogP contribution in [0.3, 0.4) is 0 Å². The number of fused-ring (bicyclic) bond motifs is 1. The fourth-order valence-electron chi connectivity index (χ4n) is 2.48. The number of aliphatic carboxylic acids is 1. The molecule has 0 radical (unpaired) electrons. The normalized spacial score (nSPS) is 19.5. The number of rotatable bonds is 5. The van der Waals surface area contributed by atoms with Gasteiger partial charge in [0.25, 0.3) is 0 Å². The molecular weight excluding hydrogens is 276 g/mol. The molecule has 0 bridgehead atoms. The van der Waals surface area contributed by atoms with Crippen molar-refractivity contribution in [3.63, 3.8) is 0 Å². The van der Waals surface area contributed by atoms with Crippen LogP contribution in [-0.4, -0.2) is 35.0 Å². The van der Waals surface area contributed by atoms with Crippen molar-refractivity contribution < 1.29 is 14.7 Å². The monoisotopic (exact) mass is 296 g/mol. The van der Waals surface area contributed by atoms with Gasteiger partial charge in [-0.05, 0) is 42.3 Å². The molecule has 1 amide bonds.